The molecular weight excluding hydrogens is 388 g/mol. The minimum Gasteiger partial charge on any atom is -0.505 e. The molecule has 0 heterocycles. The molecule has 0 radical (unpaired) electrons. The minimum atomic E-state index is -0.575. The van der Waals surface area contributed by atoms with E-state index in [0.29, 0.717) is 10.5 Å². The third-order valence-electron chi connectivity index (χ3n) is 3.06. The first kappa shape index (κ1) is 17.2. The number of aromatic hydroxyl groups is 1. The van der Waals surface area contributed by atoms with E-state index in [1.54, 1.807) is 13.0 Å². The topological polar surface area (TPSA) is 46.5 Å². The number of phenolic OH excluding ortho intramolecular Hbond substituents is 1. The molecule has 6 heteroatoms. The van der Waals surface area contributed by atoms with Gasteiger partial charge in [-0.1, -0.05) is 39.7 Å². The summed E-state index contributed by atoms with van der Waals surface area (Å²) in [6, 6.07) is 9.35. The minimum absolute atomic E-state index is 0.111. The van der Waals surface area contributed by atoms with Gasteiger partial charge in [0.05, 0.1) is 11.6 Å². The number of hydrogen-bond acceptors (Lipinski definition) is 4. The Bertz CT molecular complexity index is 702. The van der Waals surface area contributed by atoms with E-state index in [4.69, 9.17) is 16.3 Å². The Morgan fingerprint density at radius 1 is 1.36 bits per heavy atom. The summed E-state index contributed by atoms with van der Waals surface area (Å²) >= 11 is 11.0. The molecule has 0 saturated carbocycles. The van der Waals surface area contributed by atoms with Crippen LogP contribution in [0.5, 0.6) is 5.75 Å². The fraction of sp³-hybridized carbons (Fsp3) is 0.188. The second-order valence-electron chi connectivity index (χ2n) is 4.39. The average Bonchev–Trinajstić information content (AvgIpc) is 2.51. The van der Waals surface area contributed by atoms with Gasteiger partial charge in [-0.3, -0.25) is 0 Å². The van der Waals surface area contributed by atoms with Crippen molar-refractivity contribution in [3.8, 4) is 16.9 Å². The molecule has 0 atom stereocenters. The number of esters is 1. The fourth-order valence-electron chi connectivity index (χ4n) is 2.02. The Kier molecular flexibility index (Phi) is 5.78. The van der Waals surface area contributed by atoms with Crippen molar-refractivity contribution in [1.82, 2.24) is 0 Å². The van der Waals surface area contributed by atoms with Gasteiger partial charge in [0.1, 0.15) is 11.3 Å². The average molecular weight is 402 g/mol. The summed E-state index contributed by atoms with van der Waals surface area (Å²) in [4.78, 5) is 12.7. The molecule has 116 valence electrons. The lowest BCUT2D eigenvalue weighted by Gasteiger charge is -2.14. The first-order valence-corrected chi connectivity index (χ1v) is 8.91. The molecule has 2 rings (SSSR count). The monoisotopic (exact) mass is 400 g/mol. The van der Waals surface area contributed by atoms with E-state index in [1.165, 1.54) is 11.8 Å². The maximum atomic E-state index is 12.0. The van der Waals surface area contributed by atoms with Crippen LogP contribution in [-0.4, -0.2) is 23.9 Å². The molecule has 0 aliphatic rings. The van der Waals surface area contributed by atoms with E-state index < -0.39 is 5.97 Å². The molecule has 0 fully saturated rings. The van der Waals surface area contributed by atoms with Crippen LogP contribution in [0.1, 0.15) is 17.3 Å². The maximum absolute atomic E-state index is 12.0. The summed E-state index contributed by atoms with van der Waals surface area (Å²) in [7, 11) is 0. The summed E-state index contributed by atoms with van der Waals surface area (Å²) in [5.74, 6) is -0.821. The second-order valence-corrected chi connectivity index (χ2v) is 6.53. The van der Waals surface area contributed by atoms with Gasteiger partial charge >= 0.3 is 5.97 Å². The zero-order valence-electron chi connectivity index (χ0n) is 12.0. The lowest BCUT2D eigenvalue weighted by Crippen LogP contribution is -2.07. The SMILES string of the molecule is CCOC(=O)c1c(SC)cc(-c2ccc(Br)cc2)c(Cl)c1O. The van der Waals surface area contributed by atoms with Crippen LogP contribution >= 0.6 is 39.3 Å². The van der Waals surface area contributed by atoms with E-state index in [-0.39, 0.29) is 22.9 Å². The molecule has 0 aliphatic heterocycles. The van der Waals surface area contributed by atoms with Crippen LogP contribution in [-0.2, 0) is 4.74 Å². The van der Waals surface area contributed by atoms with Crippen molar-refractivity contribution in [3.63, 3.8) is 0 Å². The van der Waals surface area contributed by atoms with Crippen LogP contribution in [0.2, 0.25) is 5.02 Å². The van der Waals surface area contributed by atoms with Crippen molar-refractivity contribution in [1.29, 1.82) is 0 Å². The highest BCUT2D eigenvalue weighted by atomic mass is 79.9. The van der Waals surface area contributed by atoms with Gasteiger partial charge in [-0.15, -0.1) is 11.8 Å². The van der Waals surface area contributed by atoms with Crippen molar-refractivity contribution < 1.29 is 14.6 Å². The molecule has 0 aromatic heterocycles. The Balaban J connectivity index is 2.62. The number of rotatable bonds is 4. The van der Waals surface area contributed by atoms with Gasteiger partial charge in [0.2, 0.25) is 0 Å². The van der Waals surface area contributed by atoms with E-state index in [1.807, 2.05) is 30.5 Å². The lowest BCUT2D eigenvalue weighted by molar-refractivity contribution is 0.0519. The van der Waals surface area contributed by atoms with Gasteiger partial charge in [-0.2, -0.15) is 0 Å². The number of hydrogen-bond donors (Lipinski definition) is 1. The van der Waals surface area contributed by atoms with Crippen molar-refractivity contribution >= 4 is 45.3 Å². The number of phenols is 1. The predicted octanol–water partition coefficient (Wildman–Crippen LogP) is 5.37. The molecule has 1 N–H and O–H groups in total. The fourth-order valence-corrected chi connectivity index (χ4v) is 3.16. The number of ether oxygens (including phenoxy) is 1. The molecule has 0 aliphatic carbocycles. The molecule has 22 heavy (non-hydrogen) atoms. The number of thioether (sulfide) groups is 1. The van der Waals surface area contributed by atoms with Crippen molar-refractivity contribution in [2.45, 2.75) is 11.8 Å². The maximum Gasteiger partial charge on any atom is 0.343 e. The molecule has 0 bridgehead atoms. The predicted molar refractivity (Wildman–Crippen MR) is 94.0 cm³/mol. The molecular formula is C16H14BrClO3S. The first-order valence-electron chi connectivity index (χ1n) is 6.52. The summed E-state index contributed by atoms with van der Waals surface area (Å²) in [6.45, 7) is 1.95. The smallest absolute Gasteiger partial charge is 0.343 e. The summed E-state index contributed by atoms with van der Waals surface area (Å²) in [5.41, 5.74) is 1.64. The van der Waals surface area contributed by atoms with Crippen molar-refractivity contribution in [2.75, 3.05) is 12.9 Å². The second kappa shape index (κ2) is 7.40. The quantitative estimate of drug-likeness (QED) is 0.552. The third kappa shape index (κ3) is 3.42. The van der Waals surface area contributed by atoms with Crippen LogP contribution in [0, 0.1) is 0 Å². The molecule has 0 saturated heterocycles. The molecule has 2 aromatic carbocycles. The van der Waals surface area contributed by atoms with E-state index in [2.05, 4.69) is 15.9 Å². The van der Waals surface area contributed by atoms with E-state index in [9.17, 15) is 9.90 Å². The number of carbonyl (C=O) groups excluding carboxylic acids is 1. The Hall–Kier alpha value is -1.17. The van der Waals surface area contributed by atoms with Gasteiger partial charge in [0.25, 0.3) is 0 Å². The van der Waals surface area contributed by atoms with Crippen molar-refractivity contribution in [2.24, 2.45) is 0 Å². The molecule has 0 spiro atoms. The molecule has 2 aromatic rings. The van der Waals surface area contributed by atoms with Crippen LogP contribution in [0.3, 0.4) is 0 Å². The van der Waals surface area contributed by atoms with Crippen LogP contribution in [0.4, 0.5) is 0 Å². The number of carbonyl (C=O) groups is 1. The largest absolute Gasteiger partial charge is 0.505 e. The zero-order chi connectivity index (χ0) is 16.3. The summed E-state index contributed by atoms with van der Waals surface area (Å²) < 4.78 is 5.94. The zero-order valence-corrected chi connectivity index (χ0v) is 15.2. The third-order valence-corrected chi connectivity index (χ3v) is 4.73. The van der Waals surface area contributed by atoms with E-state index in [0.717, 1.165) is 10.0 Å². The van der Waals surface area contributed by atoms with Gasteiger partial charge in [0, 0.05) is 14.9 Å². The number of benzene rings is 2. The summed E-state index contributed by atoms with van der Waals surface area (Å²) in [5, 5.41) is 10.5. The van der Waals surface area contributed by atoms with Gasteiger partial charge in [-0.05, 0) is 36.9 Å². The standard InChI is InChI=1S/C16H14BrClO3S/c1-3-21-16(20)13-12(22-2)8-11(14(18)15(13)19)9-4-6-10(17)7-5-9/h4-8,19H,3H2,1-2H3. The van der Waals surface area contributed by atoms with Crippen LogP contribution < -0.4 is 0 Å². The van der Waals surface area contributed by atoms with Gasteiger partial charge in [-0.25, -0.2) is 4.79 Å². The summed E-state index contributed by atoms with van der Waals surface area (Å²) in [6.07, 6.45) is 1.83. The van der Waals surface area contributed by atoms with Crippen LogP contribution in [0.15, 0.2) is 39.7 Å². The highest BCUT2D eigenvalue weighted by Gasteiger charge is 2.23. The number of halogens is 2. The van der Waals surface area contributed by atoms with Crippen LogP contribution in [0.25, 0.3) is 11.1 Å². The Morgan fingerprint density at radius 2 is 2.00 bits per heavy atom. The lowest BCUT2D eigenvalue weighted by atomic mass is 10.0. The van der Waals surface area contributed by atoms with Gasteiger partial charge < -0.3 is 9.84 Å². The van der Waals surface area contributed by atoms with Gasteiger partial charge in [0.15, 0.2) is 0 Å². The normalized spacial score (nSPS) is 10.5. The Labute approximate surface area is 146 Å². The molecule has 3 nitrogen and oxygen atoms in total. The highest BCUT2D eigenvalue weighted by Crippen LogP contribution is 2.42. The molecule has 0 unspecified atom stereocenters. The highest BCUT2D eigenvalue weighted by molar-refractivity contribution is 9.10. The van der Waals surface area contributed by atoms with E-state index >= 15 is 0 Å². The Morgan fingerprint density at radius 3 is 2.55 bits per heavy atom. The first-order chi connectivity index (χ1) is 10.5. The molecule has 0 amide bonds. The van der Waals surface area contributed by atoms with Crippen molar-refractivity contribution in [3.05, 3.63) is 45.4 Å².